The van der Waals surface area contributed by atoms with Crippen LogP contribution in [0.5, 0.6) is 0 Å². The van der Waals surface area contributed by atoms with Crippen molar-refractivity contribution >= 4 is 22.0 Å². The highest BCUT2D eigenvalue weighted by Crippen LogP contribution is 2.25. The summed E-state index contributed by atoms with van der Waals surface area (Å²) in [5.41, 5.74) is 1.61. The maximum absolute atomic E-state index is 12.4. The Morgan fingerprint density at radius 2 is 1.89 bits per heavy atom. The maximum atomic E-state index is 12.4. The van der Waals surface area contributed by atoms with Gasteiger partial charge in [-0.25, -0.2) is 0 Å². The Hall–Kier alpha value is -2.03. The standard InChI is InChI=1S/C15H15NO2/c1-9(2)13-8-11-14(17)10-6-4-5-7-12(10)16(3)15(11)18-13/h4-9H,1-3H3. The zero-order valence-electron chi connectivity index (χ0n) is 10.7. The zero-order valence-corrected chi connectivity index (χ0v) is 10.7. The van der Waals surface area contributed by atoms with E-state index in [1.807, 2.05) is 41.9 Å². The quantitative estimate of drug-likeness (QED) is 0.654. The lowest BCUT2D eigenvalue weighted by Crippen LogP contribution is -2.06. The molecule has 0 saturated carbocycles. The van der Waals surface area contributed by atoms with E-state index in [0.29, 0.717) is 11.1 Å². The largest absolute Gasteiger partial charge is 0.444 e. The van der Waals surface area contributed by atoms with E-state index in [1.54, 1.807) is 0 Å². The molecule has 0 amide bonds. The molecule has 0 spiro atoms. The maximum Gasteiger partial charge on any atom is 0.211 e. The highest BCUT2D eigenvalue weighted by molar-refractivity contribution is 5.91. The molecular weight excluding hydrogens is 226 g/mol. The van der Waals surface area contributed by atoms with Gasteiger partial charge in [0.2, 0.25) is 11.1 Å². The van der Waals surface area contributed by atoms with Gasteiger partial charge in [0, 0.05) is 18.4 Å². The van der Waals surface area contributed by atoms with E-state index < -0.39 is 0 Å². The lowest BCUT2D eigenvalue weighted by atomic mass is 10.1. The van der Waals surface area contributed by atoms with Crippen LogP contribution in [0.1, 0.15) is 25.5 Å². The number of benzene rings is 1. The molecule has 3 rings (SSSR count). The van der Waals surface area contributed by atoms with Crippen molar-refractivity contribution in [2.75, 3.05) is 0 Å². The number of hydrogen-bond donors (Lipinski definition) is 0. The fourth-order valence-electron chi connectivity index (χ4n) is 2.31. The van der Waals surface area contributed by atoms with Gasteiger partial charge in [-0.15, -0.1) is 0 Å². The summed E-state index contributed by atoms with van der Waals surface area (Å²) in [4.78, 5) is 12.4. The van der Waals surface area contributed by atoms with E-state index in [0.717, 1.165) is 16.7 Å². The summed E-state index contributed by atoms with van der Waals surface area (Å²) in [6.07, 6.45) is 0. The molecule has 92 valence electrons. The number of furan rings is 1. The molecule has 2 aromatic heterocycles. The van der Waals surface area contributed by atoms with Crippen LogP contribution in [0.15, 0.2) is 39.5 Å². The monoisotopic (exact) mass is 241 g/mol. The van der Waals surface area contributed by atoms with Gasteiger partial charge in [0.25, 0.3) is 0 Å². The van der Waals surface area contributed by atoms with Crippen molar-refractivity contribution in [3.63, 3.8) is 0 Å². The smallest absolute Gasteiger partial charge is 0.211 e. The topological polar surface area (TPSA) is 35.1 Å². The third kappa shape index (κ3) is 1.40. The summed E-state index contributed by atoms with van der Waals surface area (Å²) in [6, 6.07) is 9.49. The number of rotatable bonds is 1. The number of para-hydroxylation sites is 1. The predicted octanol–water partition coefficient (Wildman–Crippen LogP) is 3.41. The van der Waals surface area contributed by atoms with E-state index in [-0.39, 0.29) is 11.3 Å². The van der Waals surface area contributed by atoms with E-state index in [4.69, 9.17) is 4.42 Å². The van der Waals surface area contributed by atoms with E-state index in [2.05, 4.69) is 13.8 Å². The summed E-state index contributed by atoms with van der Waals surface area (Å²) in [7, 11) is 1.93. The Labute approximate surface area is 105 Å². The van der Waals surface area contributed by atoms with Gasteiger partial charge < -0.3 is 8.98 Å². The molecule has 3 nitrogen and oxygen atoms in total. The number of pyridine rings is 1. The summed E-state index contributed by atoms with van der Waals surface area (Å²) < 4.78 is 7.75. The molecule has 3 heteroatoms. The number of hydrogen-bond acceptors (Lipinski definition) is 2. The normalized spacial score (nSPS) is 11.8. The Bertz CT molecular complexity index is 793. The zero-order chi connectivity index (χ0) is 12.9. The molecule has 0 saturated heterocycles. The average Bonchev–Trinajstić information content (AvgIpc) is 2.81. The van der Waals surface area contributed by atoms with E-state index >= 15 is 0 Å². The SMILES string of the molecule is CC(C)c1cc2c(=O)c3ccccc3n(C)c2o1. The van der Waals surface area contributed by atoms with Gasteiger partial charge in [0.1, 0.15) is 5.76 Å². The molecule has 0 atom stereocenters. The summed E-state index contributed by atoms with van der Waals surface area (Å²) in [5.74, 6) is 1.13. The molecular formula is C15H15NO2. The van der Waals surface area contributed by atoms with Gasteiger partial charge in [-0.3, -0.25) is 4.79 Å². The molecule has 3 aromatic rings. The van der Waals surface area contributed by atoms with Crippen molar-refractivity contribution in [2.45, 2.75) is 19.8 Å². The predicted molar refractivity (Wildman–Crippen MR) is 73.1 cm³/mol. The Balaban J connectivity index is 2.55. The van der Waals surface area contributed by atoms with Crippen LogP contribution in [0.4, 0.5) is 0 Å². The first-order valence-electron chi connectivity index (χ1n) is 6.10. The van der Waals surface area contributed by atoms with Gasteiger partial charge in [-0.1, -0.05) is 26.0 Å². The van der Waals surface area contributed by atoms with Crippen LogP contribution in [-0.4, -0.2) is 4.57 Å². The van der Waals surface area contributed by atoms with Crippen molar-refractivity contribution < 1.29 is 4.42 Å². The first-order valence-corrected chi connectivity index (χ1v) is 6.10. The highest BCUT2D eigenvalue weighted by Gasteiger charge is 2.14. The van der Waals surface area contributed by atoms with Crippen LogP contribution in [-0.2, 0) is 7.05 Å². The number of aromatic nitrogens is 1. The molecule has 2 heterocycles. The molecule has 0 bridgehead atoms. The number of fused-ring (bicyclic) bond motifs is 2. The van der Waals surface area contributed by atoms with Crippen molar-refractivity contribution in [1.82, 2.24) is 4.57 Å². The molecule has 0 N–H and O–H groups in total. The fourth-order valence-corrected chi connectivity index (χ4v) is 2.31. The summed E-state index contributed by atoms with van der Waals surface area (Å²) in [6.45, 7) is 4.11. The minimum Gasteiger partial charge on any atom is -0.444 e. The average molecular weight is 241 g/mol. The van der Waals surface area contributed by atoms with Crippen LogP contribution in [0.25, 0.3) is 22.0 Å². The van der Waals surface area contributed by atoms with Gasteiger partial charge >= 0.3 is 0 Å². The third-order valence-electron chi connectivity index (χ3n) is 3.36. The lowest BCUT2D eigenvalue weighted by Gasteiger charge is -2.05. The first-order chi connectivity index (χ1) is 8.59. The number of nitrogens with zero attached hydrogens (tertiary/aromatic N) is 1. The summed E-state index contributed by atoms with van der Waals surface area (Å²) >= 11 is 0. The molecule has 0 aliphatic carbocycles. The van der Waals surface area contributed by atoms with Crippen molar-refractivity contribution in [2.24, 2.45) is 7.05 Å². The first kappa shape index (κ1) is 11.1. The van der Waals surface area contributed by atoms with Crippen molar-refractivity contribution in [3.05, 3.63) is 46.3 Å². The van der Waals surface area contributed by atoms with Crippen molar-refractivity contribution in [1.29, 1.82) is 0 Å². The molecule has 0 aliphatic heterocycles. The van der Waals surface area contributed by atoms with Gasteiger partial charge in [-0.2, -0.15) is 0 Å². The Morgan fingerprint density at radius 3 is 2.61 bits per heavy atom. The molecule has 1 aromatic carbocycles. The van der Waals surface area contributed by atoms with Crippen molar-refractivity contribution in [3.8, 4) is 0 Å². The van der Waals surface area contributed by atoms with E-state index in [1.165, 1.54) is 0 Å². The van der Waals surface area contributed by atoms with Crippen LogP contribution in [0.2, 0.25) is 0 Å². The molecule has 0 aliphatic rings. The van der Waals surface area contributed by atoms with E-state index in [9.17, 15) is 4.79 Å². The second kappa shape index (κ2) is 3.73. The van der Waals surface area contributed by atoms with Gasteiger partial charge in [0.15, 0.2) is 0 Å². The van der Waals surface area contributed by atoms with Crippen LogP contribution in [0.3, 0.4) is 0 Å². The van der Waals surface area contributed by atoms with Gasteiger partial charge in [-0.05, 0) is 18.2 Å². The third-order valence-corrected chi connectivity index (χ3v) is 3.36. The molecule has 0 fully saturated rings. The second-order valence-corrected chi connectivity index (χ2v) is 4.93. The van der Waals surface area contributed by atoms with Crippen LogP contribution >= 0.6 is 0 Å². The number of aryl methyl sites for hydroxylation is 1. The Morgan fingerprint density at radius 1 is 1.17 bits per heavy atom. The minimum atomic E-state index is 0.0503. The molecule has 0 unspecified atom stereocenters. The molecule has 18 heavy (non-hydrogen) atoms. The molecule has 0 radical (unpaired) electrons. The summed E-state index contributed by atoms with van der Waals surface area (Å²) in [5, 5.41) is 1.41. The highest BCUT2D eigenvalue weighted by atomic mass is 16.3. The fraction of sp³-hybridized carbons (Fsp3) is 0.267. The lowest BCUT2D eigenvalue weighted by molar-refractivity contribution is 0.504. The minimum absolute atomic E-state index is 0.0503. The van der Waals surface area contributed by atoms with Crippen LogP contribution < -0.4 is 5.43 Å². The Kier molecular flexibility index (Phi) is 2.30. The van der Waals surface area contributed by atoms with Crippen LogP contribution in [0, 0.1) is 0 Å². The second-order valence-electron chi connectivity index (χ2n) is 4.93. The van der Waals surface area contributed by atoms with Gasteiger partial charge in [0.05, 0.1) is 10.9 Å².